The molecule has 1 saturated carbocycles. The van der Waals surface area contributed by atoms with Crippen molar-refractivity contribution in [3.05, 3.63) is 60.3 Å². The summed E-state index contributed by atoms with van der Waals surface area (Å²) in [6.07, 6.45) is 10.5. The van der Waals surface area contributed by atoms with Gasteiger partial charge in [-0.15, -0.1) is 0 Å². The molecule has 7 rings (SSSR count). The van der Waals surface area contributed by atoms with E-state index < -0.39 is 0 Å². The van der Waals surface area contributed by atoms with Crippen molar-refractivity contribution in [2.45, 2.75) is 43.7 Å². The van der Waals surface area contributed by atoms with Gasteiger partial charge in [-0.3, -0.25) is 19.4 Å². The number of anilines is 2. The van der Waals surface area contributed by atoms with Gasteiger partial charge in [0.2, 0.25) is 5.91 Å². The molecule has 1 unspecified atom stereocenters. The van der Waals surface area contributed by atoms with Gasteiger partial charge in [-0.1, -0.05) is 6.58 Å². The number of amides is 1. The van der Waals surface area contributed by atoms with E-state index in [2.05, 4.69) is 32.9 Å². The third kappa shape index (κ3) is 3.98. The Morgan fingerprint density at radius 3 is 2.84 bits per heavy atom. The predicted octanol–water partition coefficient (Wildman–Crippen LogP) is 3.58. The molecule has 2 saturated heterocycles. The molecular formula is C28H31N7O2. The standard InChI is InChI=1S/C28H31N7O2/c1-3-25(36)34-9-7-20(15-34)35-13-19(14-35)23-10-24-27(26(31-23)17-4-5-17)37-16-22-21(6-8-29-28(22)32-24)18-11-30-33(2)12-18/h3,6,8,10-12,17,19-20H,1,4-5,7,9,13-16H2,2H3,(H,29,32). The first-order valence-corrected chi connectivity index (χ1v) is 13.1. The molecule has 6 heterocycles. The van der Waals surface area contributed by atoms with Crippen LogP contribution in [0.2, 0.25) is 0 Å². The number of ether oxygens (including phenoxy) is 1. The lowest BCUT2D eigenvalue weighted by molar-refractivity contribution is -0.125. The van der Waals surface area contributed by atoms with Gasteiger partial charge in [0, 0.05) is 80.3 Å². The maximum atomic E-state index is 12.0. The second-order valence-electron chi connectivity index (χ2n) is 10.7. The van der Waals surface area contributed by atoms with Crippen LogP contribution in [0.3, 0.4) is 0 Å². The molecule has 0 radical (unpaired) electrons. The number of likely N-dealkylation sites (tertiary alicyclic amines) is 2. The van der Waals surface area contributed by atoms with Crippen molar-refractivity contribution < 1.29 is 9.53 Å². The molecule has 3 aromatic rings. The van der Waals surface area contributed by atoms with Gasteiger partial charge in [-0.05, 0) is 43.0 Å². The van der Waals surface area contributed by atoms with Crippen molar-refractivity contribution in [2.24, 2.45) is 7.05 Å². The van der Waals surface area contributed by atoms with E-state index in [9.17, 15) is 4.79 Å². The average Bonchev–Trinajstić information content (AvgIpc) is 3.51. The second kappa shape index (κ2) is 8.69. The lowest BCUT2D eigenvalue weighted by Gasteiger charge is -2.43. The normalized spacial score (nSPS) is 21.3. The first-order valence-electron chi connectivity index (χ1n) is 13.1. The maximum Gasteiger partial charge on any atom is 0.246 e. The molecule has 3 fully saturated rings. The molecule has 1 aliphatic carbocycles. The lowest BCUT2D eigenvalue weighted by Crippen LogP contribution is -2.52. The predicted molar refractivity (Wildman–Crippen MR) is 140 cm³/mol. The molecule has 4 aliphatic rings. The number of nitrogens with zero attached hydrogens (tertiary/aromatic N) is 6. The average molecular weight is 498 g/mol. The van der Waals surface area contributed by atoms with Gasteiger partial charge in [-0.25, -0.2) is 4.98 Å². The summed E-state index contributed by atoms with van der Waals surface area (Å²) in [5.41, 5.74) is 6.33. The van der Waals surface area contributed by atoms with Crippen molar-refractivity contribution in [3.63, 3.8) is 0 Å². The highest BCUT2D eigenvalue weighted by molar-refractivity contribution is 5.87. The molecule has 0 spiro atoms. The Labute approximate surface area is 216 Å². The third-order valence-corrected chi connectivity index (χ3v) is 8.16. The molecule has 9 heteroatoms. The summed E-state index contributed by atoms with van der Waals surface area (Å²) in [7, 11) is 1.92. The number of carbonyl (C=O) groups excluding carboxylic acids is 1. The fraction of sp³-hybridized carbons (Fsp3) is 0.429. The number of nitrogens with one attached hydrogen (secondary N) is 1. The zero-order chi connectivity index (χ0) is 25.1. The number of carbonyl (C=O) groups is 1. The van der Waals surface area contributed by atoms with Crippen LogP contribution in [0, 0.1) is 0 Å². The Morgan fingerprint density at radius 2 is 2.08 bits per heavy atom. The molecule has 1 atom stereocenters. The molecule has 1 amide bonds. The Morgan fingerprint density at radius 1 is 1.22 bits per heavy atom. The summed E-state index contributed by atoms with van der Waals surface area (Å²) < 4.78 is 8.27. The van der Waals surface area contributed by atoms with Gasteiger partial charge >= 0.3 is 0 Å². The SMILES string of the molecule is C=CC(=O)N1CCC(N2CC(c3cc4c(c(C5CC5)n3)OCc3c(-c5cnn(C)c5)ccnc3N4)C2)C1. The number of aryl methyl sites for hydroxylation is 1. The van der Waals surface area contributed by atoms with E-state index in [0.717, 1.165) is 90.8 Å². The molecule has 0 bridgehead atoms. The summed E-state index contributed by atoms with van der Waals surface area (Å²) in [6, 6.07) is 4.61. The van der Waals surface area contributed by atoms with E-state index in [-0.39, 0.29) is 5.91 Å². The minimum absolute atomic E-state index is 0.0349. The fourth-order valence-electron chi connectivity index (χ4n) is 5.88. The number of pyridine rings is 2. The highest BCUT2D eigenvalue weighted by atomic mass is 16.5. The smallest absolute Gasteiger partial charge is 0.246 e. The van der Waals surface area contributed by atoms with Crippen LogP contribution in [-0.4, -0.2) is 67.7 Å². The molecule has 3 aliphatic heterocycles. The molecule has 0 aromatic carbocycles. The maximum absolute atomic E-state index is 12.0. The van der Waals surface area contributed by atoms with E-state index in [0.29, 0.717) is 24.5 Å². The Bertz CT molecular complexity index is 1390. The fourth-order valence-corrected chi connectivity index (χ4v) is 5.88. The van der Waals surface area contributed by atoms with Crippen LogP contribution in [0.4, 0.5) is 11.5 Å². The van der Waals surface area contributed by atoms with E-state index in [1.54, 1.807) is 0 Å². The number of hydrogen-bond donors (Lipinski definition) is 1. The van der Waals surface area contributed by atoms with Crippen LogP contribution in [0.15, 0.2) is 43.4 Å². The van der Waals surface area contributed by atoms with E-state index in [1.165, 1.54) is 6.08 Å². The Kier molecular flexibility index (Phi) is 5.28. The van der Waals surface area contributed by atoms with Crippen LogP contribution in [0.5, 0.6) is 5.75 Å². The highest BCUT2D eigenvalue weighted by Gasteiger charge is 2.40. The van der Waals surface area contributed by atoms with Crippen LogP contribution < -0.4 is 10.1 Å². The molecular weight excluding hydrogens is 466 g/mol. The summed E-state index contributed by atoms with van der Waals surface area (Å²) in [4.78, 5) is 26.2. The van der Waals surface area contributed by atoms with E-state index in [4.69, 9.17) is 9.72 Å². The van der Waals surface area contributed by atoms with Crippen molar-refractivity contribution in [1.29, 1.82) is 0 Å². The largest absolute Gasteiger partial charge is 0.485 e. The van der Waals surface area contributed by atoms with Crippen LogP contribution in [0.1, 0.15) is 48.0 Å². The number of hydrogen-bond acceptors (Lipinski definition) is 7. The van der Waals surface area contributed by atoms with E-state index >= 15 is 0 Å². The van der Waals surface area contributed by atoms with Crippen LogP contribution >= 0.6 is 0 Å². The third-order valence-electron chi connectivity index (χ3n) is 8.16. The van der Waals surface area contributed by atoms with Crippen molar-refractivity contribution in [2.75, 3.05) is 31.5 Å². The summed E-state index contributed by atoms with van der Waals surface area (Å²) in [5, 5.41) is 7.95. The number of rotatable bonds is 5. The Hall–Kier alpha value is -3.72. The zero-order valence-corrected chi connectivity index (χ0v) is 21.1. The van der Waals surface area contributed by atoms with Gasteiger partial charge in [0.15, 0.2) is 5.75 Å². The number of fused-ring (bicyclic) bond motifs is 2. The van der Waals surface area contributed by atoms with Crippen molar-refractivity contribution in [3.8, 4) is 16.9 Å². The second-order valence-corrected chi connectivity index (χ2v) is 10.7. The highest BCUT2D eigenvalue weighted by Crippen LogP contribution is 2.49. The van der Waals surface area contributed by atoms with Gasteiger partial charge in [0.1, 0.15) is 12.4 Å². The summed E-state index contributed by atoms with van der Waals surface area (Å²) in [5.74, 6) is 2.57. The minimum Gasteiger partial charge on any atom is -0.485 e. The van der Waals surface area contributed by atoms with Gasteiger partial charge in [-0.2, -0.15) is 5.10 Å². The molecule has 190 valence electrons. The van der Waals surface area contributed by atoms with Gasteiger partial charge < -0.3 is 15.0 Å². The molecule has 3 aromatic heterocycles. The Balaban J connectivity index is 1.15. The summed E-state index contributed by atoms with van der Waals surface area (Å²) in [6.45, 7) is 7.61. The topological polar surface area (TPSA) is 88.4 Å². The number of aromatic nitrogens is 4. The quantitative estimate of drug-likeness (QED) is 0.539. The van der Waals surface area contributed by atoms with Crippen LogP contribution in [-0.2, 0) is 18.4 Å². The zero-order valence-electron chi connectivity index (χ0n) is 21.1. The minimum atomic E-state index is 0.0349. The molecule has 1 N–H and O–H groups in total. The molecule has 9 nitrogen and oxygen atoms in total. The van der Waals surface area contributed by atoms with E-state index in [1.807, 2.05) is 41.3 Å². The van der Waals surface area contributed by atoms with Crippen molar-refractivity contribution in [1.82, 2.24) is 29.5 Å². The van der Waals surface area contributed by atoms with Crippen LogP contribution in [0.25, 0.3) is 11.1 Å². The summed E-state index contributed by atoms with van der Waals surface area (Å²) >= 11 is 0. The first kappa shape index (κ1) is 22.5. The van der Waals surface area contributed by atoms with Gasteiger partial charge in [0.05, 0.1) is 17.6 Å². The van der Waals surface area contributed by atoms with Gasteiger partial charge in [0.25, 0.3) is 0 Å². The first-order chi connectivity index (χ1) is 18.1. The lowest BCUT2D eigenvalue weighted by atomic mass is 9.92. The molecule has 37 heavy (non-hydrogen) atoms. The van der Waals surface area contributed by atoms with Crippen molar-refractivity contribution >= 4 is 17.4 Å². The monoisotopic (exact) mass is 497 g/mol.